The highest BCUT2D eigenvalue weighted by Crippen LogP contribution is 2.18. The second-order valence-corrected chi connectivity index (χ2v) is 4.85. The normalized spacial score (nSPS) is 10.1. The summed E-state index contributed by atoms with van der Waals surface area (Å²) in [5.74, 6) is -0.215. The molecule has 18 heavy (non-hydrogen) atoms. The number of aromatic nitrogens is 2. The first-order valence-corrected chi connectivity index (χ1v) is 6.23. The van der Waals surface area contributed by atoms with Gasteiger partial charge in [0.15, 0.2) is 0 Å². The molecule has 0 aliphatic carbocycles. The molecule has 0 unspecified atom stereocenters. The molecule has 0 radical (unpaired) electrons. The van der Waals surface area contributed by atoms with Gasteiger partial charge in [-0.3, -0.25) is 4.79 Å². The van der Waals surface area contributed by atoms with Gasteiger partial charge in [-0.2, -0.15) is 0 Å². The van der Waals surface area contributed by atoms with Gasteiger partial charge in [-0.1, -0.05) is 0 Å². The predicted molar refractivity (Wildman–Crippen MR) is 69.4 cm³/mol. The highest BCUT2D eigenvalue weighted by atomic mass is 32.1. The molecular formula is C12H13N3O2S. The first kappa shape index (κ1) is 12.5. The minimum Gasteiger partial charge on any atom is -0.469 e. The largest absolute Gasteiger partial charge is 0.469 e. The van der Waals surface area contributed by atoms with E-state index >= 15 is 0 Å². The van der Waals surface area contributed by atoms with Crippen LogP contribution >= 0.6 is 11.3 Å². The van der Waals surface area contributed by atoms with Crippen molar-refractivity contribution in [3.05, 3.63) is 40.6 Å². The predicted octanol–water partition coefficient (Wildman–Crippen LogP) is 1.87. The minimum atomic E-state index is -0.215. The Morgan fingerprint density at radius 1 is 1.33 bits per heavy atom. The number of ether oxygens (including phenoxy) is 1. The van der Waals surface area contributed by atoms with Crippen LogP contribution in [0.2, 0.25) is 0 Å². The van der Waals surface area contributed by atoms with E-state index in [4.69, 9.17) is 0 Å². The van der Waals surface area contributed by atoms with E-state index in [-0.39, 0.29) is 5.97 Å². The average Bonchev–Trinajstić information content (AvgIpc) is 2.85. The van der Waals surface area contributed by atoms with Crippen molar-refractivity contribution in [3.8, 4) is 0 Å². The summed E-state index contributed by atoms with van der Waals surface area (Å²) in [7, 11) is 1.40. The third kappa shape index (κ3) is 3.53. The van der Waals surface area contributed by atoms with Crippen LogP contribution in [0.25, 0.3) is 0 Å². The zero-order valence-corrected chi connectivity index (χ0v) is 10.7. The lowest BCUT2D eigenvalue weighted by Crippen LogP contribution is -2.02. The Morgan fingerprint density at radius 3 is 2.78 bits per heavy atom. The summed E-state index contributed by atoms with van der Waals surface area (Å²) in [5.41, 5.74) is 0.875. The number of rotatable bonds is 5. The van der Waals surface area contributed by atoms with Crippen LogP contribution < -0.4 is 5.32 Å². The first-order valence-electron chi connectivity index (χ1n) is 5.41. The van der Waals surface area contributed by atoms with E-state index in [1.54, 1.807) is 23.7 Å². The molecule has 0 aliphatic rings. The van der Waals surface area contributed by atoms with Crippen molar-refractivity contribution in [1.29, 1.82) is 0 Å². The monoisotopic (exact) mass is 263 g/mol. The van der Waals surface area contributed by atoms with Crippen LogP contribution in [0.3, 0.4) is 0 Å². The molecule has 0 atom stereocenters. The van der Waals surface area contributed by atoms with Gasteiger partial charge in [0.2, 0.25) is 0 Å². The second kappa shape index (κ2) is 6.11. The van der Waals surface area contributed by atoms with Crippen LogP contribution in [0.4, 0.5) is 5.69 Å². The van der Waals surface area contributed by atoms with E-state index in [0.717, 1.165) is 15.4 Å². The standard InChI is InChI=1S/C12H13N3O2S/c1-17-12(16)4-10-2-3-11(18-10)7-15-9-5-13-8-14-6-9/h2-3,5-6,8,15H,4,7H2,1H3. The van der Waals surface area contributed by atoms with Gasteiger partial charge >= 0.3 is 5.97 Å². The van der Waals surface area contributed by atoms with Crippen molar-refractivity contribution in [2.45, 2.75) is 13.0 Å². The Bertz CT molecular complexity index is 513. The number of nitrogens with zero attached hydrogens (tertiary/aromatic N) is 2. The topological polar surface area (TPSA) is 64.1 Å². The van der Waals surface area contributed by atoms with Crippen LogP contribution in [0, 0.1) is 0 Å². The zero-order chi connectivity index (χ0) is 12.8. The van der Waals surface area contributed by atoms with Crippen LogP contribution in [-0.2, 0) is 22.5 Å². The maximum Gasteiger partial charge on any atom is 0.310 e. The van der Waals surface area contributed by atoms with Crippen LogP contribution in [0.15, 0.2) is 30.9 Å². The maximum atomic E-state index is 11.1. The quantitative estimate of drug-likeness (QED) is 0.834. The zero-order valence-electron chi connectivity index (χ0n) is 9.92. The van der Waals surface area contributed by atoms with Gasteiger partial charge in [-0.05, 0) is 12.1 Å². The summed E-state index contributed by atoms with van der Waals surface area (Å²) in [5, 5.41) is 3.21. The third-order valence-electron chi connectivity index (χ3n) is 2.29. The number of hydrogen-bond donors (Lipinski definition) is 1. The molecule has 0 fully saturated rings. The number of carbonyl (C=O) groups excluding carboxylic acids is 1. The summed E-state index contributed by atoms with van der Waals surface area (Å²) < 4.78 is 4.63. The van der Waals surface area contributed by atoms with Gasteiger partial charge in [0, 0.05) is 16.3 Å². The molecule has 94 valence electrons. The van der Waals surface area contributed by atoms with Crippen molar-refractivity contribution in [1.82, 2.24) is 9.97 Å². The molecule has 0 spiro atoms. The Balaban J connectivity index is 1.89. The smallest absolute Gasteiger partial charge is 0.310 e. The number of methoxy groups -OCH3 is 1. The second-order valence-electron chi connectivity index (χ2n) is 3.60. The first-order chi connectivity index (χ1) is 8.78. The van der Waals surface area contributed by atoms with Gasteiger partial charge in [0.1, 0.15) is 6.33 Å². The molecule has 2 aromatic heterocycles. The summed E-state index contributed by atoms with van der Waals surface area (Å²) in [6, 6.07) is 3.94. The van der Waals surface area contributed by atoms with E-state index in [2.05, 4.69) is 20.0 Å². The van der Waals surface area contributed by atoms with Crippen LogP contribution in [0.5, 0.6) is 0 Å². The van der Waals surface area contributed by atoms with E-state index in [0.29, 0.717) is 13.0 Å². The fourth-order valence-electron chi connectivity index (χ4n) is 1.41. The molecule has 2 aromatic rings. The van der Waals surface area contributed by atoms with Crippen molar-refractivity contribution in [2.24, 2.45) is 0 Å². The number of carbonyl (C=O) groups is 1. The number of esters is 1. The fourth-order valence-corrected chi connectivity index (χ4v) is 2.35. The summed E-state index contributed by atoms with van der Waals surface area (Å²) in [6.45, 7) is 0.694. The van der Waals surface area contributed by atoms with E-state index < -0.39 is 0 Å². The van der Waals surface area contributed by atoms with Crippen LogP contribution in [-0.4, -0.2) is 23.0 Å². The lowest BCUT2D eigenvalue weighted by atomic mass is 10.3. The maximum absolute atomic E-state index is 11.1. The molecule has 0 saturated carbocycles. The number of hydrogen-bond acceptors (Lipinski definition) is 6. The van der Waals surface area contributed by atoms with Gasteiger partial charge in [0.25, 0.3) is 0 Å². The van der Waals surface area contributed by atoms with Crippen molar-refractivity contribution >= 4 is 23.0 Å². The van der Waals surface area contributed by atoms with Crippen LogP contribution in [0.1, 0.15) is 9.75 Å². The van der Waals surface area contributed by atoms with Gasteiger partial charge in [-0.25, -0.2) is 9.97 Å². The Labute approximate surface area is 109 Å². The summed E-state index contributed by atoms with van der Waals surface area (Å²) in [6.07, 6.45) is 5.26. The van der Waals surface area contributed by atoms with Gasteiger partial charge < -0.3 is 10.1 Å². The molecule has 2 heterocycles. The molecular weight excluding hydrogens is 250 g/mol. The van der Waals surface area contributed by atoms with E-state index in [1.165, 1.54) is 13.4 Å². The lowest BCUT2D eigenvalue weighted by molar-refractivity contribution is -0.139. The molecule has 6 heteroatoms. The number of anilines is 1. The minimum absolute atomic E-state index is 0.215. The van der Waals surface area contributed by atoms with E-state index in [1.807, 2.05) is 12.1 Å². The lowest BCUT2D eigenvalue weighted by Gasteiger charge is -2.02. The number of thiophene rings is 1. The molecule has 2 rings (SSSR count). The number of nitrogens with one attached hydrogen (secondary N) is 1. The van der Waals surface area contributed by atoms with Gasteiger partial charge in [0.05, 0.1) is 31.6 Å². The van der Waals surface area contributed by atoms with Crippen molar-refractivity contribution in [3.63, 3.8) is 0 Å². The highest BCUT2D eigenvalue weighted by molar-refractivity contribution is 7.12. The molecule has 0 saturated heterocycles. The Kier molecular flexibility index (Phi) is 4.25. The Hall–Kier alpha value is -1.95. The molecule has 1 N–H and O–H groups in total. The van der Waals surface area contributed by atoms with Crippen molar-refractivity contribution < 1.29 is 9.53 Å². The average molecular weight is 263 g/mol. The molecule has 0 amide bonds. The Morgan fingerprint density at radius 2 is 2.06 bits per heavy atom. The van der Waals surface area contributed by atoms with E-state index in [9.17, 15) is 4.79 Å². The summed E-state index contributed by atoms with van der Waals surface area (Å²) >= 11 is 1.59. The SMILES string of the molecule is COC(=O)Cc1ccc(CNc2cncnc2)s1. The molecule has 5 nitrogen and oxygen atoms in total. The highest BCUT2D eigenvalue weighted by Gasteiger charge is 2.06. The molecule has 0 aromatic carbocycles. The molecule has 0 aliphatic heterocycles. The third-order valence-corrected chi connectivity index (χ3v) is 3.38. The van der Waals surface area contributed by atoms with Crippen molar-refractivity contribution in [2.75, 3.05) is 12.4 Å². The van der Waals surface area contributed by atoms with Gasteiger partial charge in [-0.15, -0.1) is 11.3 Å². The summed E-state index contributed by atoms with van der Waals surface area (Å²) in [4.78, 5) is 21.1. The molecule has 0 bridgehead atoms. The fraction of sp³-hybridized carbons (Fsp3) is 0.250.